The SMILES string of the molecule is CCNC(=O)c1nc(N[C@@H](C)c2ccccn2)nc2ccsc12. The van der Waals surface area contributed by atoms with Crippen LogP contribution in [0.1, 0.15) is 36.1 Å². The molecule has 0 aliphatic rings. The van der Waals surface area contributed by atoms with Gasteiger partial charge in [-0.25, -0.2) is 9.97 Å². The van der Waals surface area contributed by atoms with Crippen LogP contribution in [0.3, 0.4) is 0 Å². The fraction of sp³-hybridized carbons (Fsp3) is 0.250. The number of fused-ring (bicyclic) bond motifs is 1. The summed E-state index contributed by atoms with van der Waals surface area (Å²) in [6.45, 7) is 4.42. The number of hydrogen-bond acceptors (Lipinski definition) is 6. The number of rotatable bonds is 5. The third kappa shape index (κ3) is 3.29. The number of thiophene rings is 1. The van der Waals surface area contributed by atoms with Gasteiger partial charge in [0.25, 0.3) is 5.91 Å². The van der Waals surface area contributed by atoms with Gasteiger partial charge in [0.15, 0.2) is 5.69 Å². The molecule has 0 bridgehead atoms. The number of nitrogens with zero attached hydrogens (tertiary/aromatic N) is 3. The Kier molecular flexibility index (Phi) is 4.47. The third-order valence-corrected chi connectivity index (χ3v) is 4.24. The van der Waals surface area contributed by atoms with E-state index in [1.807, 2.05) is 43.5 Å². The maximum Gasteiger partial charge on any atom is 0.271 e. The lowest BCUT2D eigenvalue weighted by Crippen LogP contribution is -2.24. The monoisotopic (exact) mass is 327 g/mol. The molecule has 0 fully saturated rings. The Morgan fingerprint density at radius 3 is 2.91 bits per heavy atom. The van der Waals surface area contributed by atoms with Gasteiger partial charge >= 0.3 is 0 Å². The molecule has 0 radical (unpaired) electrons. The molecule has 23 heavy (non-hydrogen) atoms. The van der Waals surface area contributed by atoms with Crippen molar-refractivity contribution in [2.24, 2.45) is 0 Å². The second kappa shape index (κ2) is 6.70. The molecular weight excluding hydrogens is 310 g/mol. The first-order valence-electron chi connectivity index (χ1n) is 7.40. The summed E-state index contributed by atoms with van der Waals surface area (Å²) in [6, 6.07) is 7.57. The zero-order chi connectivity index (χ0) is 16.2. The highest BCUT2D eigenvalue weighted by Gasteiger charge is 2.17. The summed E-state index contributed by atoms with van der Waals surface area (Å²) in [6.07, 6.45) is 1.75. The summed E-state index contributed by atoms with van der Waals surface area (Å²) in [7, 11) is 0. The van der Waals surface area contributed by atoms with Crippen LogP contribution in [0.2, 0.25) is 0 Å². The van der Waals surface area contributed by atoms with E-state index in [9.17, 15) is 4.79 Å². The molecule has 3 aromatic heterocycles. The van der Waals surface area contributed by atoms with Crippen molar-refractivity contribution in [1.29, 1.82) is 0 Å². The molecule has 1 amide bonds. The average Bonchev–Trinajstić information content (AvgIpc) is 3.03. The van der Waals surface area contributed by atoms with Gasteiger partial charge in [0, 0.05) is 12.7 Å². The summed E-state index contributed by atoms with van der Waals surface area (Å²) in [5.41, 5.74) is 2.06. The van der Waals surface area contributed by atoms with E-state index in [1.54, 1.807) is 6.20 Å². The average molecular weight is 327 g/mol. The van der Waals surface area contributed by atoms with Gasteiger partial charge in [-0.05, 0) is 37.4 Å². The number of hydrogen-bond donors (Lipinski definition) is 2. The molecule has 0 unspecified atom stereocenters. The summed E-state index contributed by atoms with van der Waals surface area (Å²) in [5, 5.41) is 7.92. The Morgan fingerprint density at radius 2 is 2.17 bits per heavy atom. The van der Waals surface area contributed by atoms with Crippen LogP contribution in [-0.4, -0.2) is 27.4 Å². The highest BCUT2D eigenvalue weighted by Crippen LogP contribution is 2.25. The highest BCUT2D eigenvalue weighted by molar-refractivity contribution is 7.17. The number of carbonyl (C=O) groups excluding carboxylic acids is 1. The first-order chi connectivity index (χ1) is 11.2. The molecule has 0 saturated carbocycles. The number of amides is 1. The number of carbonyl (C=O) groups is 1. The predicted molar refractivity (Wildman–Crippen MR) is 91.7 cm³/mol. The zero-order valence-electron chi connectivity index (χ0n) is 12.9. The van der Waals surface area contributed by atoms with Crippen molar-refractivity contribution in [3.8, 4) is 0 Å². The van der Waals surface area contributed by atoms with Gasteiger partial charge in [-0.3, -0.25) is 9.78 Å². The second-order valence-electron chi connectivity index (χ2n) is 5.01. The van der Waals surface area contributed by atoms with Crippen LogP contribution in [-0.2, 0) is 0 Å². The van der Waals surface area contributed by atoms with Crippen molar-refractivity contribution >= 4 is 33.4 Å². The maximum atomic E-state index is 12.2. The van der Waals surface area contributed by atoms with E-state index in [0.717, 1.165) is 15.9 Å². The van der Waals surface area contributed by atoms with Gasteiger partial charge < -0.3 is 10.6 Å². The summed E-state index contributed by atoms with van der Waals surface area (Å²) in [5.74, 6) is 0.242. The Labute approximate surface area is 138 Å². The molecule has 0 spiro atoms. The van der Waals surface area contributed by atoms with Crippen molar-refractivity contribution < 1.29 is 4.79 Å². The van der Waals surface area contributed by atoms with Crippen molar-refractivity contribution in [2.75, 3.05) is 11.9 Å². The lowest BCUT2D eigenvalue weighted by molar-refractivity contribution is 0.0953. The number of pyridine rings is 1. The van der Waals surface area contributed by atoms with Crippen LogP contribution in [0.25, 0.3) is 10.2 Å². The van der Waals surface area contributed by atoms with E-state index in [0.29, 0.717) is 18.2 Å². The van der Waals surface area contributed by atoms with E-state index in [2.05, 4.69) is 25.6 Å². The first-order valence-corrected chi connectivity index (χ1v) is 8.28. The molecule has 6 nitrogen and oxygen atoms in total. The topological polar surface area (TPSA) is 79.8 Å². The summed E-state index contributed by atoms with van der Waals surface area (Å²) >= 11 is 1.47. The predicted octanol–water partition coefficient (Wildman–Crippen LogP) is 3.01. The molecule has 0 saturated heterocycles. The molecule has 1 atom stereocenters. The van der Waals surface area contributed by atoms with Crippen LogP contribution in [0.15, 0.2) is 35.8 Å². The van der Waals surface area contributed by atoms with Crippen molar-refractivity contribution in [3.05, 3.63) is 47.2 Å². The number of nitrogens with one attached hydrogen (secondary N) is 2. The lowest BCUT2D eigenvalue weighted by atomic mass is 10.2. The van der Waals surface area contributed by atoms with Gasteiger partial charge in [-0.1, -0.05) is 6.07 Å². The molecule has 0 aliphatic heterocycles. The van der Waals surface area contributed by atoms with Crippen LogP contribution in [0.5, 0.6) is 0 Å². The molecule has 3 heterocycles. The van der Waals surface area contributed by atoms with E-state index in [4.69, 9.17) is 0 Å². The maximum absolute atomic E-state index is 12.2. The van der Waals surface area contributed by atoms with E-state index < -0.39 is 0 Å². The molecule has 0 aliphatic carbocycles. The molecule has 3 aromatic rings. The molecule has 0 aromatic carbocycles. The fourth-order valence-electron chi connectivity index (χ4n) is 2.23. The number of anilines is 1. The molecule has 7 heteroatoms. The van der Waals surface area contributed by atoms with Gasteiger partial charge in [-0.2, -0.15) is 0 Å². The largest absolute Gasteiger partial charge is 0.351 e. The smallest absolute Gasteiger partial charge is 0.271 e. The first kappa shape index (κ1) is 15.4. The Balaban J connectivity index is 1.93. The quantitative estimate of drug-likeness (QED) is 0.753. The van der Waals surface area contributed by atoms with Gasteiger partial charge in [0.2, 0.25) is 5.95 Å². The second-order valence-corrected chi connectivity index (χ2v) is 5.93. The van der Waals surface area contributed by atoms with Crippen molar-refractivity contribution in [2.45, 2.75) is 19.9 Å². The van der Waals surface area contributed by atoms with Crippen molar-refractivity contribution in [3.63, 3.8) is 0 Å². The standard InChI is InChI=1S/C16H17N5OS/c1-3-17-15(22)13-14-12(7-9-23-14)20-16(21-13)19-10(2)11-6-4-5-8-18-11/h4-10H,3H2,1-2H3,(H,17,22)(H,19,20,21)/t10-/m0/s1. The van der Waals surface area contributed by atoms with Crippen LogP contribution in [0.4, 0.5) is 5.95 Å². The van der Waals surface area contributed by atoms with Crippen LogP contribution >= 0.6 is 11.3 Å². The minimum atomic E-state index is -0.184. The number of aromatic nitrogens is 3. The summed E-state index contributed by atoms with van der Waals surface area (Å²) < 4.78 is 0.798. The Bertz CT molecular complexity index is 818. The van der Waals surface area contributed by atoms with Crippen LogP contribution in [0, 0.1) is 0 Å². The molecule has 2 N–H and O–H groups in total. The molecular formula is C16H17N5OS. The van der Waals surface area contributed by atoms with Crippen LogP contribution < -0.4 is 10.6 Å². The van der Waals surface area contributed by atoms with Gasteiger partial charge in [0.1, 0.15) is 0 Å². The van der Waals surface area contributed by atoms with Crippen molar-refractivity contribution in [1.82, 2.24) is 20.3 Å². The lowest BCUT2D eigenvalue weighted by Gasteiger charge is -2.14. The highest BCUT2D eigenvalue weighted by atomic mass is 32.1. The van der Waals surface area contributed by atoms with Gasteiger partial charge in [0.05, 0.1) is 22.0 Å². The van der Waals surface area contributed by atoms with E-state index >= 15 is 0 Å². The zero-order valence-corrected chi connectivity index (χ0v) is 13.7. The minimum Gasteiger partial charge on any atom is -0.351 e. The fourth-order valence-corrected chi connectivity index (χ4v) is 3.04. The van der Waals surface area contributed by atoms with Gasteiger partial charge in [-0.15, -0.1) is 11.3 Å². The minimum absolute atomic E-state index is 0.0608. The summed E-state index contributed by atoms with van der Waals surface area (Å²) in [4.78, 5) is 25.4. The normalized spacial score (nSPS) is 12.1. The molecule has 3 rings (SSSR count). The Hall–Kier alpha value is -2.54. The third-order valence-electron chi connectivity index (χ3n) is 3.33. The Morgan fingerprint density at radius 1 is 1.30 bits per heavy atom. The van der Waals surface area contributed by atoms with E-state index in [1.165, 1.54) is 11.3 Å². The molecule has 118 valence electrons. The van der Waals surface area contributed by atoms with E-state index in [-0.39, 0.29) is 11.9 Å².